The molecule has 2 aliphatic rings. The maximum atomic E-state index is 12.8. The molecule has 5 heteroatoms. The fourth-order valence-corrected chi connectivity index (χ4v) is 5.11. The number of fused-ring (bicyclic) bond motifs is 2. The van der Waals surface area contributed by atoms with Gasteiger partial charge in [-0.1, -0.05) is 54.1 Å². The second-order valence-electron chi connectivity index (χ2n) is 7.11. The average Bonchev–Trinajstić information content (AvgIpc) is 2.93. The Bertz CT molecular complexity index is 1120. The number of ether oxygens (including phenoxy) is 1. The molecule has 0 spiro atoms. The lowest BCUT2D eigenvalue weighted by molar-refractivity contribution is -0.130. The van der Waals surface area contributed by atoms with Crippen molar-refractivity contribution in [2.45, 2.75) is 23.0 Å². The Morgan fingerprint density at radius 1 is 0.966 bits per heavy atom. The van der Waals surface area contributed by atoms with Crippen molar-refractivity contribution >= 4 is 35.0 Å². The first-order chi connectivity index (χ1) is 14.2. The maximum absolute atomic E-state index is 12.8. The fourth-order valence-electron chi connectivity index (χ4n) is 3.73. The van der Waals surface area contributed by atoms with Gasteiger partial charge in [-0.25, -0.2) is 4.79 Å². The quantitative estimate of drug-likeness (QED) is 0.281. The van der Waals surface area contributed by atoms with Crippen LogP contribution in [0.4, 0.5) is 5.69 Å². The Kier molecular flexibility index (Phi) is 4.82. The first kappa shape index (κ1) is 18.3. The van der Waals surface area contributed by atoms with Crippen LogP contribution in [0, 0.1) is 0 Å². The number of carbonyl (C=O) groups is 1. The van der Waals surface area contributed by atoms with Crippen LogP contribution in [0.15, 0.2) is 89.0 Å². The summed E-state index contributed by atoms with van der Waals surface area (Å²) in [4.78, 5) is 14.0. The third-order valence-electron chi connectivity index (χ3n) is 5.23. The van der Waals surface area contributed by atoms with Gasteiger partial charge in [-0.2, -0.15) is 0 Å². The van der Waals surface area contributed by atoms with Gasteiger partial charge < -0.3 is 10.1 Å². The highest BCUT2D eigenvalue weighted by Gasteiger charge is 2.29. The highest BCUT2D eigenvalue weighted by molar-refractivity contribution is 7.99. The number of allylic oxidation sites excluding steroid dienone is 1. The zero-order chi connectivity index (χ0) is 19.8. The van der Waals surface area contributed by atoms with Gasteiger partial charge in [0.1, 0.15) is 5.75 Å². The van der Waals surface area contributed by atoms with Gasteiger partial charge in [0.05, 0.1) is 11.3 Å². The molecule has 5 rings (SSSR count). The predicted molar refractivity (Wildman–Crippen MR) is 118 cm³/mol. The molecule has 3 nitrogen and oxygen atoms in total. The first-order valence-corrected chi connectivity index (χ1v) is 10.7. The Labute approximate surface area is 178 Å². The van der Waals surface area contributed by atoms with Gasteiger partial charge in [0, 0.05) is 33.7 Å². The molecule has 0 fully saturated rings. The van der Waals surface area contributed by atoms with E-state index in [1.54, 1.807) is 11.8 Å². The van der Waals surface area contributed by atoms with Crippen LogP contribution < -0.4 is 10.1 Å². The van der Waals surface area contributed by atoms with Crippen molar-refractivity contribution in [3.63, 3.8) is 0 Å². The zero-order valence-corrected chi connectivity index (χ0v) is 17.1. The summed E-state index contributed by atoms with van der Waals surface area (Å²) in [7, 11) is 0. The summed E-state index contributed by atoms with van der Waals surface area (Å²) >= 11 is 7.89. The molecule has 0 bridgehead atoms. The molecule has 3 aromatic rings. The third kappa shape index (κ3) is 3.66. The molecule has 0 amide bonds. The van der Waals surface area contributed by atoms with E-state index in [0.717, 1.165) is 26.9 Å². The van der Waals surface area contributed by atoms with E-state index in [9.17, 15) is 4.79 Å². The second kappa shape index (κ2) is 7.62. The second-order valence-corrected chi connectivity index (χ2v) is 8.80. The van der Waals surface area contributed by atoms with Crippen molar-refractivity contribution in [1.82, 2.24) is 0 Å². The van der Waals surface area contributed by atoms with Gasteiger partial charge in [0.15, 0.2) is 0 Å². The number of esters is 1. The lowest BCUT2D eigenvalue weighted by atomic mass is 9.96. The topological polar surface area (TPSA) is 38.3 Å². The molecule has 0 saturated heterocycles. The SMILES string of the molecule is O=C1Oc2ccccc2C/C1=C1\CC(c2ccc(Cl)cc2)Sc2ccccc2N1. The van der Waals surface area contributed by atoms with Gasteiger partial charge in [-0.05, 0) is 41.5 Å². The lowest BCUT2D eigenvalue weighted by Crippen LogP contribution is -2.23. The maximum Gasteiger partial charge on any atom is 0.341 e. The van der Waals surface area contributed by atoms with Gasteiger partial charge in [-0.15, -0.1) is 11.8 Å². The Morgan fingerprint density at radius 2 is 1.72 bits per heavy atom. The van der Waals surface area contributed by atoms with Crippen LogP contribution in [0.3, 0.4) is 0 Å². The van der Waals surface area contributed by atoms with E-state index in [-0.39, 0.29) is 11.2 Å². The minimum absolute atomic E-state index is 0.163. The molecule has 29 heavy (non-hydrogen) atoms. The van der Waals surface area contributed by atoms with Gasteiger partial charge in [0.25, 0.3) is 0 Å². The summed E-state index contributed by atoms with van der Waals surface area (Å²) < 4.78 is 5.62. The van der Waals surface area contributed by atoms with Crippen LogP contribution in [-0.2, 0) is 11.2 Å². The third-order valence-corrected chi connectivity index (χ3v) is 6.81. The van der Waals surface area contributed by atoms with E-state index in [2.05, 4.69) is 29.6 Å². The van der Waals surface area contributed by atoms with Crippen LogP contribution in [0.2, 0.25) is 5.02 Å². The molecule has 1 N–H and O–H groups in total. The normalized spacial score (nSPS) is 20.7. The van der Waals surface area contributed by atoms with Crippen molar-refractivity contribution in [3.8, 4) is 5.75 Å². The zero-order valence-electron chi connectivity index (χ0n) is 15.5. The summed E-state index contributed by atoms with van der Waals surface area (Å²) in [5.41, 5.74) is 4.84. The van der Waals surface area contributed by atoms with E-state index in [0.29, 0.717) is 24.2 Å². The number of benzene rings is 3. The highest BCUT2D eigenvalue weighted by Crippen LogP contribution is 2.47. The summed E-state index contributed by atoms with van der Waals surface area (Å²) in [6.45, 7) is 0. The van der Waals surface area contributed by atoms with Crippen molar-refractivity contribution in [3.05, 3.63) is 100 Å². The molecule has 0 radical (unpaired) electrons. The highest BCUT2D eigenvalue weighted by atomic mass is 35.5. The molecular weight excluding hydrogens is 402 g/mol. The molecule has 1 unspecified atom stereocenters. The smallest absolute Gasteiger partial charge is 0.341 e. The minimum Gasteiger partial charge on any atom is -0.423 e. The molecule has 3 aromatic carbocycles. The van der Waals surface area contributed by atoms with Crippen LogP contribution in [0.5, 0.6) is 5.75 Å². The molecule has 0 aromatic heterocycles. The van der Waals surface area contributed by atoms with Crippen molar-refractivity contribution in [2.24, 2.45) is 0 Å². The van der Waals surface area contributed by atoms with Gasteiger partial charge in [-0.3, -0.25) is 0 Å². The number of rotatable bonds is 1. The molecule has 1 atom stereocenters. The number of nitrogens with one attached hydrogen (secondary N) is 1. The molecule has 0 saturated carbocycles. The molecular formula is C24H18ClNO2S. The van der Waals surface area contributed by atoms with E-state index in [1.165, 1.54) is 5.56 Å². The molecule has 2 aliphatic heterocycles. The summed E-state index contributed by atoms with van der Waals surface area (Å²) in [5, 5.41) is 4.42. The van der Waals surface area contributed by atoms with E-state index in [1.807, 2.05) is 48.5 Å². The summed E-state index contributed by atoms with van der Waals surface area (Å²) in [6, 6.07) is 23.9. The Morgan fingerprint density at radius 3 is 2.59 bits per heavy atom. The van der Waals surface area contributed by atoms with E-state index in [4.69, 9.17) is 16.3 Å². The number of hydrogen-bond acceptors (Lipinski definition) is 4. The number of carbonyl (C=O) groups excluding carboxylic acids is 1. The lowest BCUT2D eigenvalue weighted by Gasteiger charge is -2.22. The Balaban J connectivity index is 1.59. The summed E-state index contributed by atoms with van der Waals surface area (Å²) in [5.74, 6) is 0.380. The van der Waals surface area contributed by atoms with Crippen LogP contribution >= 0.6 is 23.4 Å². The van der Waals surface area contributed by atoms with Crippen molar-refractivity contribution in [1.29, 1.82) is 0 Å². The fraction of sp³-hybridized carbons (Fsp3) is 0.125. The number of halogens is 1. The van der Waals surface area contributed by atoms with Gasteiger partial charge >= 0.3 is 5.97 Å². The van der Waals surface area contributed by atoms with Crippen LogP contribution in [-0.4, -0.2) is 5.97 Å². The number of thioether (sulfide) groups is 1. The molecule has 2 heterocycles. The summed E-state index contributed by atoms with van der Waals surface area (Å²) in [6.07, 6.45) is 1.27. The monoisotopic (exact) mass is 419 g/mol. The largest absolute Gasteiger partial charge is 0.423 e. The Hall–Kier alpha value is -2.69. The first-order valence-electron chi connectivity index (χ1n) is 9.47. The molecule has 0 aliphatic carbocycles. The van der Waals surface area contributed by atoms with Crippen LogP contribution in [0.1, 0.15) is 22.8 Å². The predicted octanol–water partition coefficient (Wildman–Crippen LogP) is 6.40. The standard InChI is InChI=1S/C24H18ClNO2S/c25-17-11-9-15(10-12-17)23-14-20(26-19-6-2-4-8-22(19)29-23)18-13-16-5-1-3-7-21(16)28-24(18)27/h1-12,23,26H,13-14H2/b20-18-. The van der Waals surface area contributed by atoms with Crippen molar-refractivity contribution < 1.29 is 9.53 Å². The van der Waals surface area contributed by atoms with E-state index >= 15 is 0 Å². The number of hydrogen-bond donors (Lipinski definition) is 1. The van der Waals surface area contributed by atoms with Crippen molar-refractivity contribution in [2.75, 3.05) is 5.32 Å². The number of para-hydroxylation sites is 2. The number of anilines is 1. The minimum atomic E-state index is -0.273. The molecule has 144 valence electrons. The average molecular weight is 420 g/mol. The van der Waals surface area contributed by atoms with E-state index < -0.39 is 0 Å². The van der Waals surface area contributed by atoms with Crippen LogP contribution in [0.25, 0.3) is 0 Å². The van der Waals surface area contributed by atoms with Gasteiger partial charge in [0.2, 0.25) is 0 Å².